The van der Waals surface area contributed by atoms with Gasteiger partial charge in [-0.25, -0.2) is 4.98 Å². The fourth-order valence-corrected chi connectivity index (χ4v) is 2.52. The van der Waals surface area contributed by atoms with Gasteiger partial charge in [-0.05, 0) is 44.2 Å². The lowest BCUT2D eigenvalue weighted by molar-refractivity contribution is -0.137. The number of anilines is 1. The van der Waals surface area contributed by atoms with Crippen LogP contribution >= 0.6 is 0 Å². The van der Waals surface area contributed by atoms with Gasteiger partial charge < -0.3 is 10.0 Å². The molecule has 98 valence electrons. The van der Waals surface area contributed by atoms with E-state index in [1.165, 1.54) is 12.8 Å². The predicted molar refractivity (Wildman–Crippen MR) is 70.8 cm³/mol. The Morgan fingerprint density at radius 2 is 2.33 bits per heavy atom. The van der Waals surface area contributed by atoms with Crippen molar-refractivity contribution in [1.29, 1.82) is 0 Å². The van der Waals surface area contributed by atoms with E-state index in [1.807, 2.05) is 19.2 Å². The smallest absolute Gasteiger partial charge is 0.303 e. The van der Waals surface area contributed by atoms with Crippen LogP contribution in [0.4, 0.5) is 5.82 Å². The molecule has 1 aromatic heterocycles. The molecule has 1 aliphatic rings. The average molecular weight is 248 g/mol. The van der Waals surface area contributed by atoms with E-state index in [0.29, 0.717) is 12.5 Å². The Hall–Kier alpha value is -1.58. The maximum absolute atomic E-state index is 10.7. The molecule has 0 amide bonds. The molecule has 4 nitrogen and oxygen atoms in total. The van der Waals surface area contributed by atoms with Crippen molar-refractivity contribution in [3.05, 3.63) is 23.9 Å². The van der Waals surface area contributed by atoms with E-state index in [0.717, 1.165) is 24.3 Å². The molecule has 0 spiro atoms. The van der Waals surface area contributed by atoms with E-state index < -0.39 is 5.97 Å². The van der Waals surface area contributed by atoms with Crippen LogP contribution in [-0.4, -0.2) is 28.6 Å². The zero-order chi connectivity index (χ0) is 13.0. The molecule has 0 saturated carbocycles. The van der Waals surface area contributed by atoms with Gasteiger partial charge in [0.2, 0.25) is 0 Å². The van der Waals surface area contributed by atoms with Crippen LogP contribution in [0, 0.1) is 6.92 Å². The minimum absolute atomic E-state index is 0.243. The number of aliphatic carboxylic acids is 1. The number of carboxylic acid groups (broad SMARTS) is 1. The summed E-state index contributed by atoms with van der Waals surface area (Å²) in [5, 5.41) is 8.80. The van der Waals surface area contributed by atoms with Crippen LogP contribution in [0.15, 0.2) is 18.3 Å². The second-order valence-corrected chi connectivity index (χ2v) is 4.97. The highest BCUT2D eigenvalue weighted by Crippen LogP contribution is 2.25. The van der Waals surface area contributed by atoms with Gasteiger partial charge in [0.15, 0.2) is 0 Å². The first kappa shape index (κ1) is 12.9. The highest BCUT2D eigenvalue weighted by Gasteiger charge is 2.23. The van der Waals surface area contributed by atoms with Crippen molar-refractivity contribution < 1.29 is 9.90 Å². The van der Waals surface area contributed by atoms with Crippen LogP contribution in [0.1, 0.15) is 37.7 Å². The molecular weight excluding hydrogens is 228 g/mol. The number of carbonyl (C=O) groups is 1. The summed E-state index contributed by atoms with van der Waals surface area (Å²) in [6, 6.07) is 4.42. The second kappa shape index (κ2) is 5.85. The number of pyridine rings is 1. The molecule has 2 heterocycles. The highest BCUT2D eigenvalue weighted by molar-refractivity contribution is 5.66. The first-order valence-electron chi connectivity index (χ1n) is 6.58. The Balaban J connectivity index is 2.07. The van der Waals surface area contributed by atoms with E-state index in [2.05, 4.69) is 16.0 Å². The van der Waals surface area contributed by atoms with Gasteiger partial charge in [0, 0.05) is 25.2 Å². The summed E-state index contributed by atoms with van der Waals surface area (Å²) in [7, 11) is 0. The lowest BCUT2D eigenvalue weighted by Gasteiger charge is -2.36. The number of aryl methyl sites for hydroxylation is 1. The van der Waals surface area contributed by atoms with E-state index in [4.69, 9.17) is 5.11 Å². The molecule has 1 aliphatic heterocycles. The Bertz CT molecular complexity index is 403. The van der Waals surface area contributed by atoms with Crippen molar-refractivity contribution in [2.75, 3.05) is 11.4 Å². The summed E-state index contributed by atoms with van der Waals surface area (Å²) in [4.78, 5) is 17.4. The van der Waals surface area contributed by atoms with Gasteiger partial charge in [0.25, 0.3) is 0 Å². The Kier molecular flexibility index (Phi) is 4.18. The molecule has 1 N–H and O–H groups in total. The monoisotopic (exact) mass is 248 g/mol. The van der Waals surface area contributed by atoms with Gasteiger partial charge in [0.05, 0.1) is 0 Å². The lowest BCUT2D eigenvalue weighted by Crippen LogP contribution is -2.40. The normalized spacial score (nSPS) is 19.8. The number of piperidine rings is 1. The molecule has 1 fully saturated rings. The zero-order valence-electron chi connectivity index (χ0n) is 10.8. The van der Waals surface area contributed by atoms with Crippen molar-refractivity contribution in [3.63, 3.8) is 0 Å². The number of carboxylic acids is 1. The van der Waals surface area contributed by atoms with Gasteiger partial charge in [-0.3, -0.25) is 4.79 Å². The molecule has 2 rings (SSSR count). The van der Waals surface area contributed by atoms with Crippen LogP contribution in [-0.2, 0) is 4.79 Å². The summed E-state index contributed by atoms with van der Waals surface area (Å²) < 4.78 is 0. The van der Waals surface area contributed by atoms with Gasteiger partial charge in [0.1, 0.15) is 5.82 Å². The largest absolute Gasteiger partial charge is 0.481 e. The second-order valence-electron chi connectivity index (χ2n) is 4.97. The Morgan fingerprint density at radius 3 is 3.00 bits per heavy atom. The summed E-state index contributed by atoms with van der Waals surface area (Å²) in [6.07, 6.45) is 6.25. The molecule has 0 aromatic carbocycles. The predicted octanol–water partition coefficient (Wildman–Crippen LogP) is 2.61. The third kappa shape index (κ3) is 3.22. The molecule has 1 aromatic rings. The third-order valence-corrected chi connectivity index (χ3v) is 3.51. The fourth-order valence-electron chi connectivity index (χ4n) is 2.52. The fraction of sp³-hybridized carbons (Fsp3) is 0.571. The molecule has 0 aliphatic carbocycles. The Labute approximate surface area is 108 Å². The van der Waals surface area contributed by atoms with Crippen molar-refractivity contribution in [1.82, 2.24) is 4.98 Å². The SMILES string of the molecule is Cc1ccc(N2CCCCC2CCC(=O)O)nc1. The van der Waals surface area contributed by atoms with Crippen molar-refractivity contribution in [2.24, 2.45) is 0 Å². The summed E-state index contributed by atoms with van der Waals surface area (Å²) in [6.45, 7) is 3.01. The molecule has 1 unspecified atom stereocenters. The number of hydrogen-bond donors (Lipinski definition) is 1. The topological polar surface area (TPSA) is 53.4 Å². The van der Waals surface area contributed by atoms with Crippen LogP contribution in [0.5, 0.6) is 0 Å². The third-order valence-electron chi connectivity index (χ3n) is 3.51. The van der Waals surface area contributed by atoms with E-state index in [1.54, 1.807) is 0 Å². The van der Waals surface area contributed by atoms with Gasteiger partial charge in [-0.1, -0.05) is 6.07 Å². The molecule has 1 saturated heterocycles. The van der Waals surface area contributed by atoms with Crippen molar-refractivity contribution in [3.8, 4) is 0 Å². The first-order valence-corrected chi connectivity index (χ1v) is 6.58. The van der Waals surface area contributed by atoms with Crippen LogP contribution in [0.2, 0.25) is 0 Å². The number of hydrogen-bond acceptors (Lipinski definition) is 3. The minimum Gasteiger partial charge on any atom is -0.481 e. The summed E-state index contributed by atoms with van der Waals surface area (Å²) in [5.41, 5.74) is 1.15. The molecule has 0 radical (unpaired) electrons. The van der Waals surface area contributed by atoms with Crippen LogP contribution < -0.4 is 4.90 Å². The minimum atomic E-state index is -0.711. The first-order chi connectivity index (χ1) is 8.66. The van der Waals surface area contributed by atoms with E-state index in [9.17, 15) is 4.79 Å². The lowest BCUT2D eigenvalue weighted by atomic mass is 9.98. The summed E-state index contributed by atoms with van der Waals surface area (Å²) >= 11 is 0. The van der Waals surface area contributed by atoms with Crippen molar-refractivity contribution in [2.45, 2.75) is 45.1 Å². The number of nitrogens with zero attached hydrogens (tertiary/aromatic N) is 2. The van der Waals surface area contributed by atoms with Gasteiger partial charge >= 0.3 is 5.97 Å². The molecule has 4 heteroatoms. The molecular formula is C14H20N2O2. The Morgan fingerprint density at radius 1 is 1.50 bits per heavy atom. The molecule has 18 heavy (non-hydrogen) atoms. The standard InChI is InChI=1S/C14H20N2O2/c1-11-5-7-13(15-10-11)16-9-3-2-4-12(16)6-8-14(17)18/h5,7,10,12H,2-4,6,8-9H2,1H3,(H,17,18). The quantitative estimate of drug-likeness (QED) is 0.890. The van der Waals surface area contributed by atoms with Gasteiger partial charge in [-0.15, -0.1) is 0 Å². The van der Waals surface area contributed by atoms with Crippen LogP contribution in [0.25, 0.3) is 0 Å². The average Bonchev–Trinajstić information content (AvgIpc) is 2.38. The highest BCUT2D eigenvalue weighted by atomic mass is 16.4. The number of aromatic nitrogens is 1. The van der Waals surface area contributed by atoms with E-state index >= 15 is 0 Å². The van der Waals surface area contributed by atoms with Crippen molar-refractivity contribution >= 4 is 11.8 Å². The van der Waals surface area contributed by atoms with E-state index in [-0.39, 0.29) is 6.42 Å². The molecule has 0 bridgehead atoms. The maximum atomic E-state index is 10.7. The summed E-state index contributed by atoms with van der Waals surface area (Å²) in [5.74, 6) is 0.271. The maximum Gasteiger partial charge on any atom is 0.303 e. The van der Waals surface area contributed by atoms with Gasteiger partial charge in [-0.2, -0.15) is 0 Å². The number of rotatable bonds is 4. The molecule has 1 atom stereocenters. The zero-order valence-corrected chi connectivity index (χ0v) is 10.8. The van der Waals surface area contributed by atoms with Crippen LogP contribution in [0.3, 0.4) is 0 Å².